The zero-order valence-electron chi connectivity index (χ0n) is 20.1. The number of carbonyl (C=O) groups is 1. The Morgan fingerprint density at radius 2 is 1.34 bits per heavy atom. The van der Waals surface area contributed by atoms with E-state index in [1.54, 1.807) is 22.8 Å². The lowest BCUT2D eigenvalue weighted by atomic mass is 10.00. The van der Waals surface area contributed by atoms with Crippen molar-refractivity contribution in [3.8, 4) is 0 Å². The molecular formula is C24H31N7O3S. The smallest absolute Gasteiger partial charge is 0.243 e. The topological polar surface area (TPSA) is 93.2 Å². The highest BCUT2D eigenvalue weighted by molar-refractivity contribution is 7.89. The lowest BCUT2D eigenvalue weighted by molar-refractivity contribution is -0.118. The van der Waals surface area contributed by atoms with E-state index in [9.17, 15) is 13.2 Å². The third-order valence-corrected chi connectivity index (χ3v) is 9.57. The molecule has 0 unspecified atom stereocenters. The molecule has 0 spiro atoms. The molecule has 4 aliphatic heterocycles. The summed E-state index contributed by atoms with van der Waals surface area (Å²) in [6, 6.07) is 5.59. The van der Waals surface area contributed by atoms with Crippen LogP contribution in [0.5, 0.6) is 0 Å². The quantitative estimate of drug-likeness (QED) is 0.606. The van der Waals surface area contributed by atoms with E-state index in [4.69, 9.17) is 0 Å². The molecule has 0 aliphatic carbocycles. The average molecular weight is 498 g/mol. The number of anilines is 3. The fourth-order valence-corrected chi connectivity index (χ4v) is 7.12. The normalized spacial score (nSPS) is 21.5. The molecule has 0 saturated carbocycles. The molecule has 35 heavy (non-hydrogen) atoms. The number of hydrogen-bond acceptors (Lipinski definition) is 8. The molecule has 2 aromatic rings. The molecule has 4 aliphatic rings. The van der Waals surface area contributed by atoms with Gasteiger partial charge in [0.25, 0.3) is 0 Å². The Kier molecular flexibility index (Phi) is 5.65. The summed E-state index contributed by atoms with van der Waals surface area (Å²) in [6.45, 7) is 6.53. The van der Waals surface area contributed by atoms with Crippen LogP contribution in [0.15, 0.2) is 29.4 Å². The van der Waals surface area contributed by atoms with Crippen LogP contribution in [0.3, 0.4) is 0 Å². The predicted molar refractivity (Wildman–Crippen MR) is 134 cm³/mol. The number of hydrogen-bond donors (Lipinski definition) is 0. The molecule has 1 amide bonds. The second-order valence-electron chi connectivity index (χ2n) is 9.80. The summed E-state index contributed by atoms with van der Waals surface area (Å²) in [6.07, 6.45) is 3.38. The van der Waals surface area contributed by atoms with Crippen LogP contribution >= 0.6 is 0 Å². The molecule has 0 N–H and O–H groups in total. The summed E-state index contributed by atoms with van der Waals surface area (Å²) in [7, 11) is -1.47. The van der Waals surface area contributed by atoms with E-state index in [1.807, 2.05) is 11.0 Å². The van der Waals surface area contributed by atoms with E-state index in [0.717, 1.165) is 54.6 Å². The number of piperazine rings is 2. The zero-order chi connectivity index (χ0) is 24.2. The maximum atomic E-state index is 13.5. The van der Waals surface area contributed by atoms with Gasteiger partial charge >= 0.3 is 0 Å². The third-order valence-electron chi connectivity index (χ3n) is 7.69. The van der Waals surface area contributed by atoms with Gasteiger partial charge in [-0.05, 0) is 43.1 Å². The molecule has 2 saturated heterocycles. The zero-order valence-corrected chi connectivity index (χ0v) is 20.9. The Morgan fingerprint density at radius 1 is 0.743 bits per heavy atom. The van der Waals surface area contributed by atoms with Crippen LogP contribution in [0, 0.1) is 0 Å². The van der Waals surface area contributed by atoms with Crippen LogP contribution in [0.2, 0.25) is 0 Å². The predicted octanol–water partition coefficient (Wildman–Crippen LogP) is 0.575. The molecule has 6 rings (SSSR count). The van der Waals surface area contributed by atoms with Crippen LogP contribution in [0.1, 0.15) is 17.5 Å². The first kappa shape index (κ1) is 22.7. The molecule has 1 aromatic carbocycles. The maximum Gasteiger partial charge on any atom is 0.243 e. The number of nitrogens with zero attached hydrogens (tertiary/aromatic N) is 7. The van der Waals surface area contributed by atoms with Crippen LogP contribution in [-0.4, -0.2) is 99.4 Å². The van der Waals surface area contributed by atoms with E-state index in [2.05, 4.69) is 31.7 Å². The maximum absolute atomic E-state index is 13.5. The van der Waals surface area contributed by atoms with Gasteiger partial charge in [0.15, 0.2) is 0 Å². The van der Waals surface area contributed by atoms with Gasteiger partial charge in [-0.1, -0.05) is 0 Å². The summed E-state index contributed by atoms with van der Waals surface area (Å²) >= 11 is 0. The molecule has 11 heteroatoms. The van der Waals surface area contributed by atoms with Gasteiger partial charge in [0, 0.05) is 71.4 Å². The molecule has 5 heterocycles. The van der Waals surface area contributed by atoms with Gasteiger partial charge < -0.3 is 19.6 Å². The number of sulfonamides is 1. The Hall–Kier alpha value is -2.76. The number of carbonyl (C=O) groups excluding carboxylic acids is 1. The Balaban J connectivity index is 1.16. The lowest BCUT2D eigenvalue weighted by Gasteiger charge is -2.36. The molecule has 0 atom stereocenters. The SMILES string of the molecule is CN1CCN(c2cc(N3CCN(S(=O)(=O)c4cc5c6c(c4)CCN6C(=O)CC5)CC3)ncn2)CC1. The fraction of sp³-hybridized carbons (Fsp3) is 0.542. The van der Waals surface area contributed by atoms with Crippen molar-refractivity contribution in [2.45, 2.75) is 24.2 Å². The van der Waals surface area contributed by atoms with E-state index in [0.29, 0.717) is 56.9 Å². The second kappa shape index (κ2) is 8.72. The summed E-state index contributed by atoms with van der Waals surface area (Å²) in [5, 5.41) is 0. The highest BCUT2D eigenvalue weighted by atomic mass is 32.2. The standard InChI is InChI=1S/C24H31N7O3S/c1-27-6-8-28(9-7-27)21-16-22(26-17-25-21)29-10-12-30(13-11-29)35(33,34)20-14-18-2-3-23(32)31-5-4-19(15-20)24(18)31/h14-17H,2-13H2,1H3. The highest BCUT2D eigenvalue weighted by Crippen LogP contribution is 2.39. The monoisotopic (exact) mass is 497 g/mol. The van der Waals surface area contributed by atoms with Gasteiger partial charge in [0.05, 0.1) is 10.6 Å². The first-order valence-electron chi connectivity index (χ1n) is 12.4. The Morgan fingerprint density at radius 3 is 2.00 bits per heavy atom. The minimum atomic E-state index is -3.60. The van der Waals surface area contributed by atoms with Gasteiger partial charge in [-0.2, -0.15) is 4.31 Å². The van der Waals surface area contributed by atoms with Crippen molar-refractivity contribution in [1.82, 2.24) is 19.2 Å². The van der Waals surface area contributed by atoms with Gasteiger partial charge in [-0.25, -0.2) is 18.4 Å². The van der Waals surface area contributed by atoms with Crippen molar-refractivity contribution >= 4 is 33.3 Å². The number of benzene rings is 1. The molecule has 2 fully saturated rings. The van der Waals surface area contributed by atoms with Gasteiger partial charge in [-0.3, -0.25) is 4.79 Å². The average Bonchev–Trinajstić information content (AvgIpc) is 3.32. The molecule has 186 valence electrons. The number of rotatable bonds is 4. The van der Waals surface area contributed by atoms with E-state index in [1.165, 1.54) is 0 Å². The fourth-order valence-electron chi connectivity index (χ4n) is 5.60. The van der Waals surface area contributed by atoms with Crippen molar-refractivity contribution < 1.29 is 13.2 Å². The van der Waals surface area contributed by atoms with Gasteiger partial charge in [-0.15, -0.1) is 0 Å². The molecule has 10 nitrogen and oxygen atoms in total. The van der Waals surface area contributed by atoms with Crippen molar-refractivity contribution in [2.24, 2.45) is 0 Å². The number of aryl methyl sites for hydroxylation is 1. The minimum Gasteiger partial charge on any atom is -0.354 e. The van der Waals surface area contributed by atoms with E-state index >= 15 is 0 Å². The number of aromatic nitrogens is 2. The van der Waals surface area contributed by atoms with Gasteiger partial charge in [0.1, 0.15) is 18.0 Å². The van der Waals surface area contributed by atoms with E-state index in [-0.39, 0.29) is 5.91 Å². The molecule has 1 aromatic heterocycles. The van der Waals surface area contributed by atoms with Gasteiger partial charge in [0.2, 0.25) is 15.9 Å². The van der Waals surface area contributed by atoms with Crippen molar-refractivity contribution in [2.75, 3.05) is 80.7 Å². The second-order valence-corrected chi connectivity index (χ2v) is 11.7. The van der Waals surface area contributed by atoms with Crippen molar-refractivity contribution in [1.29, 1.82) is 0 Å². The van der Waals surface area contributed by atoms with Crippen LogP contribution < -0.4 is 14.7 Å². The summed E-state index contributed by atoms with van der Waals surface area (Å²) in [4.78, 5) is 30.1. The van der Waals surface area contributed by atoms with Crippen LogP contribution in [0.4, 0.5) is 17.3 Å². The first-order chi connectivity index (χ1) is 16.9. The summed E-state index contributed by atoms with van der Waals surface area (Å²) < 4.78 is 28.7. The van der Waals surface area contributed by atoms with Crippen molar-refractivity contribution in [3.05, 3.63) is 35.7 Å². The molecule has 0 bridgehead atoms. The molecule has 0 radical (unpaired) electrons. The largest absolute Gasteiger partial charge is 0.354 e. The first-order valence-corrected chi connectivity index (χ1v) is 13.8. The third kappa shape index (κ3) is 4.05. The number of likely N-dealkylation sites (N-methyl/N-ethyl adjacent to an activating group) is 1. The Bertz CT molecular complexity index is 1250. The van der Waals surface area contributed by atoms with E-state index < -0.39 is 10.0 Å². The summed E-state index contributed by atoms with van der Waals surface area (Å²) in [5.41, 5.74) is 2.91. The summed E-state index contributed by atoms with van der Waals surface area (Å²) in [5.74, 6) is 1.92. The number of amides is 1. The molecular weight excluding hydrogens is 466 g/mol. The lowest BCUT2D eigenvalue weighted by Crippen LogP contribution is -2.49. The van der Waals surface area contributed by atoms with Crippen LogP contribution in [-0.2, 0) is 27.7 Å². The minimum absolute atomic E-state index is 0.142. The van der Waals surface area contributed by atoms with Crippen molar-refractivity contribution in [3.63, 3.8) is 0 Å². The Labute approximate surface area is 206 Å². The highest BCUT2D eigenvalue weighted by Gasteiger charge is 2.35. The van der Waals surface area contributed by atoms with Crippen LogP contribution in [0.25, 0.3) is 0 Å².